The summed E-state index contributed by atoms with van der Waals surface area (Å²) in [5.74, 6) is 0. The molecule has 0 amide bonds. The summed E-state index contributed by atoms with van der Waals surface area (Å²) in [4.78, 5) is 0. The van der Waals surface area contributed by atoms with E-state index in [1.165, 1.54) is 6.07 Å². The van der Waals surface area contributed by atoms with Crippen molar-refractivity contribution in [2.24, 2.45) is 0 Å². The summed E-state index contributed by atoms with van der Waals surface area (Å²) in [6.45, 7) is -0.632. The molecule has 1 rings (SSSR count). The largest absolute Gasteiger partial charge is 0.395 e. The van der Waals surface area contributed by atoms with Gasteiger partial charge in [-0.3, -0.25) is 0 Å². The predicted octanol–water partition coefficient (Wildman–Crippen LogP) is 0.779. The minimum atomic E-state index is -3.52. The molecule has 0 radical (unpaired) electrons. The molecule has 0 spiro atoms. The predicted molar refractivity (Wildman–Crippen MR) is 62.1 cm³/mol. The van der Waals surface area contributed by atoms with Gasteiger partial charge in [0.1, 0.15) is 5.25 Å². The van der Waals surface area contributed by atoms with E-state index < -0.39 is 27.8 Å². The molecule has 0 bridgehead atoms. The molecule has 0 saturated carbocycles. The molecule has 0 unspecified atom stereocenters. The Kier molecular flexibility index (Phi) is 4.32. The Morgan fingerprint density at radius 1 is 1.44 bits per heavy atom. The first-order valence-corrected chi connectivity index (χ1v) is 6.92. The molecule has 0 saturated heterocycles. The molecule has 0 aliphatic carbocycles. The van der Waals surface area contributed by atoms with Crippen LogP contribution in [0.1, 0.15) is 11.7 Å². The molecule has 6 heteroatoms. The molecule has 0 fully saturated rings. The maximum atomic E-state index is 11.3. The fraction of sp³-hybridized carbons (Fsp3) is 0.400. The van der Waals surface area contributed by atoms with E-state index in [9.17, 15) is 13.5 Å². The molecule has 1 aromatic rings. The Morgan fingerprint density at radius 2 is 2.06 bits per heavy atom. The number of hydrogen-bond acceptors (Lipinski definition) is 4. The van der Waals surface area contributed by atoms with Crippen LogP contribution in [-0.4, -0.2) is 36.7 Å². The van der Waals surface area contributed by atoms with Gasteiger partial charge in [-0.25, -0.2) is 8.42 Å². The first-order chi connectivity index (χ1) is 7.36. The van der Waals surface area contributed by atoms with Gasteiger partial charge >= 0.3 is 0 Å². The lowest BCUT2D eigenvalue weighted by Crippen LogP contribution is -2.31. The third kappa shape index (κ3) is 3.18. The highest BCUT2D eigenvalue weighted by Crippen LogP contribution is 2.23. The van der Waals surface area contributed by atoms with Gasteiger partial charge in [-0.15, -0.1) is 0 Å². The van der Waals surface area contributed by atoms with Gasteiger partial charge < -0.3 is 10.2 Å². The second kappa shape index (κ2) is 5.14. The summed E-state index contributed by atoms with van der Waals surface area (Å²) < 4.78 is 22.6. The van der Waals surface area contributed by atoms with E-state index in [1.54, 1.807) is 18.2 Å². The van der Waals surface area contributed by atoms with Crippen molar-refractivity contribution in [3.63, 3.8) is 0 Å². The highest BCUT2D eigenvalue weighted by molar-refractivity contribution is 7.91. The van der Waals surface area contributed by atoms with Crippen LogP contribution in [0.25, 0.3) is 0 Å². The van der Waals surface area contributed by atoms with Crippen molar-refractivity contribution in [2.75, 3.05) is 12.9 Å². The van der Waals surface area contributed by atoms with Gasteiger partial charge in [0.2, 0.25) is 0 Å². The van der Waals surface area contributed by atoms with Crippen LogP contribution in [0.15, 0.2) is 24.3 Å². The van der Waals surface area contributed by atoms with E-state index in [-0.39, 0.29) is 0 Å². The molecule has 0 heterocycles. The second-order valence-electron chi connectivity index (χ2n) is 3.55. The molecule has 1 aromatic carbocycles. The zero-order valence-electron chi connectivity index (χ0n) is 8.67. The highest BCUT2D eigenvalue weighted by atomic mass is 35.5. The first kappa shape index (κ1) is 13.4. The molecule has 90 valence electrons. The SMILES string of the molecule is CS(=O)(=O)[C@H](CO)[C@@H](O)c1cccc(Cl)c1. The Bertz CT molecular complexity index is 458. The van der Waals surface area contributed by atoms with Crippen molar-refractivity contribution in [2.45, 2.75) is 11.4 Å². The number of aliphatic hydroxyl groups is 2. The summed E-state index contributed by atoms with van der Waals surface area (Å²) in [6, 6.07) is 6.26. The normalized spacial score (nSPS) is 15.8. The summed E-state index contributed by atoms with van der Waals surface area (Å²) in [5, 5.41) is 18.0. The molecule has 16 heavy (non-hydrogen) atoms. The van der Waals surface area contributed by atoms with Crippen LogP contribution in [-0.2, 0) is 9.84 Å². The molecular weight excluding hydrogens is 252 g/mol. The number of halogens is 1. The van der Waals surface area contributed by atoms with Crippen molar-refractivity contribution in [1.82, 2.24) is 0 Å². The summed E-state index contributed by atoms with van der Waals surface area (Å²) >= 11 is 5.73. The lowest BCUT2D eigenvalue weighted by molar-refractivity contribution is 0.138. The molecule has 0 aromatic heterocycles. The monoisotopic (exact) mass is 264 g/mol. The van der Waals surface area contributed by atoms with Crippen LogP contribution in [0.2, 0.25) is 5.02 Å². The average molecular weight is 265 g/mol. The Morgan fingerprint density at radius 3 is 2.50 bits per heavy atom. The summed E-state index contributed by atoms with van der Waals surface area (Å²) in [5.41, 5.74) is 0.372. The number of benzene rings is 1. The topological polar surface area (TPSA) is 74.6 Å². The van der Waals surface area contributed by atoms with Crippen LogP contribution in [0.5, 0.6) is 0 Å². The zero-order chi connectivity index (χ0) is 12.3. The van der Waals surface area contributed by atoms with Gasteiger partial charge in [-0.2, -0.15) is 0 Å². The summed E-state index contributed by atoms with van der Waals surface area (Å²) in [6.07, 6.45) is -0.305. The van der Waals surface area contributed by atoms with Crippen LogP contribution in [0.3, 0.4) is 0 Å². The minimum absolute atomic E-state index is 0.372. The third-order valence-electron chi connectivity index (χ3n) is 2.27. The zero-order valence-corrected chi connectivity index (χ0v) is 10.2. The Hall–Kier alpha value is -0.620. The van der Waals surface area contributed by atoms with Crippen LogP contribution in [0, 0.1) is 0 Å². The van der Waals surface area contributed by atoms with Gasteiger partial charge in [0, 0.05) is 11.3 Å². The van der Waals surface area contributed by atoms with Crippen molar-refractivity contribution < 1.29 is 18.6 Å². The molecule has 0 aliphatic rings. The standard InChI is InChI=1S/C10H13ClO4S/c1-16(14,15)9(6-12)10(13)7-3-2-4-8(11)5-7/h2-5,9-10,12-13H,6H2,1H3/t9-,10+/m1/s1. The van der Waals surface area contributed by atoms with Gasteiger partial charge in [-0.05, 0) is 17.7 Å². The molecular formula is C10H13ClO4S. The number of rotatable bonds is 4. The lowest BCUT2D eigenvalue weighted by Gasteiger charge is -2.19. The van der Waals surface area contributed by atoms with E-state index in [4.69, 9.17) is 16.7 Å². The quantitative estimate of drug-likeness (QED) is 0.843. The Balaban J connectivity index is 3.05. The van der Waals surface area contributed by atoms with Crippen molar-refractivity contribution in [3.05, 3.63) is 34.9 Å². The fourth-order valence-corrected chi connectivity index (χ4v) is 2.47. The smallest absolute Gasteiger partial charge is 0.155 e. The number of sulfone groups is 1. The fourth-order valence-electron chi connectivity index (χ4n) is 1.37. The molecule has 2 atom stereocenters. The van der Waals surface area contributed by atoms with E-state index >= 15 is 0 Å². The van der Waals surface area contributed by atoms with E-state index in [1.807, 2.05) is 0 Å². The van der Waals surface area contributed by atoms with Gasteiger partial charge in [0.25, 0.3) is 0 Å². The van der Waals surface area contributed by atoms with Gasteiger partial charge in [0.15, 0.2) is 9.84 Å². The van der Waals surface area contributed by atoms with Crippen molar-refractivity contribution >= 4 is 21.4 Å². The van der Waals surface area contributed by atoms with Crippen LogP contribution in [0.4, 0.5) is 0 Å². The maximum Gasteiger partial charge on any atom is 0.155 e. The molecule has 2 N–H and O–H groups in total. The van der Waals surface area contributed by atoms with Gasteiger partial charge in [0.05, 0.1) is 12.7 Å². The Labute approximate surface area is 99.4 Å². The highest BCUT2D eigenvalue weighted by Gasteiger charge is 2.29. The first-order valence-electron chi connectivity index (χ1n) is 4.59. The van der Waals surface area contributed by atoms with Crippen molar-refractivity contribution in [3.8, 4) is 0 Å². The van der Waals surface area contributed by atoms with Crippen LogP contribution < -0.4 is 0 Å². The summed E-state index contributed by atoms with van der Waals surface area (Å²) in [7, 11) is -3.52. The second-order valence-corrected chi connectivity index (χ2v) is 6.25. The van der Waals surface area contributed by atoms with E-state index in [0.717, 1.165) is 6.26 Å². The molecule has 4 nitrogen and oxygen atoms in total. The van der Waals surface area contributed by atoms with E-state index in [2.05, 4.69) is 0 Å². The lowest BCUT2D eigenvalue weighted by atomic mass is 10.1. The van der Waals surface area contributed by atoms with E-state index in [0.29, 0.717) is 10.6 Å². The average Bonchev–Trinajstić information content (AvgIpc) is 2.16. The number of hydrogen-bond donors (Lipinski definition) is 2. The maximum absolute atomic E-state index is 11.3. The van der Waals surface area contributed by atoms with Crippen molar-refractivity contribution in [1.29, 1.82) is 0 Å². The minimum Gasteiger partial charge on any atom is -0.395 e. The van der Waals surface area contributed by atoms with Crippen LogP contribution >= 0.6 is 11.6 Å². The third-order valence-corrected chi connectivity index (χ3v) is 4.01. The van der Waals surface area contributed by atoms with Gasteiger partial charge in [-0.1, -0.05) is 23.7 Å². The molecule has 0 aliphatic heterocycles. The number of aliphatic hydroxyl groups excluding tert-OH is 2.